The van der Waals surface area contributed by atoms with Crippen LogP contribution in [0.5, 0.6) is 0 Å². The Morgan fingerprint density at radius 3 is 2.78 bits per heavy atom. The predicted octanol–water partition coefficient (Wildman–Crippen LogP) is 4.78. The van der Waals surface area contributed by atoms with E-state index in [0.717, 1.165) is 16.6 Å². The number of aromatic amines is 1. The molecule has 1 heterocycles. The Morgan fingerprint density at radius 1 is 1.22 bits per heavy atom. The van der Waals surface area contributed by atoms with Crippen LogP contribution in [0.15, 0.2) is 40.9 Å². The van der Waals surface area contributed by atoms with Crippen molar-refractivity contribution >= 4 is 38.6 Å². The maximum absolute atomic E-state index is 13.3. The zero-order chi connectivity index (χ0) is 12.7. The molecule has 2 aromatic carbocycles. The van der Waals surface area contributed by atoms with E-state index in [2.05, 4.69) is 25.9 Å². The summed E-state index contributed by atoms with van der Waals surface area (Å²) >= 11 is 9.11. The second-order valence-electron chi connectivity index (χ2n) is 3.85. The summed E-state index contributed by atoms with van der Waals surface area (Å²) in [6, 6.07) is 10.6. The Kier molecular flexibility index (Phi) is 2.84. The van der Waals surface area contributed by atoms with E-state index in [-0.39, 0.29) is 5.02 Å². The summed E-state index contributed by atoms with van der Waals surface area (Å²) in [5.74, 6) is 0.202. The van der Waals surface area contributed by atoms with Crippen LogP contribution in [0.4, 0.5) is 4.39 Å². The molecule has 0 aliphatic heterocycles. The third-order valence-electron chi connectivity index (χ3n) is 2.65. The standard InChI is InChI=1S/C13H7BrClFN2/c14-8-6-10(16)9(15)5-7(8)13-17-11-3-1-2-4-12(11)18-13/h1-6H,(H,17,18). The summed E-state index contributed by atoms with van der Waals surface area (Å²) < 4.78 is 13.9. The summed E-state index contributed by atoms with van der Waals surface area (Å²) in [6.07, 6.45) is 0. The van der Waals surface area contributed by atoms with Crippen molar-refractivity contribution in [3.05, 3.63) is 51.7 Å². The van der Waals surface area contributed by atoms with Crippen molar-refractivity contribution in [3.8, 4) is 11.4 Å². The highest BCUT2D eigenvalue weighted by atomic mass is 79.9. The predicted molar refractivity (Wildman–Crippen MR) is 74.2 cm³/mol. The molecule has 0 radical (unpaired) electrons. The topological polar surface area (TPSA) is 28.7 Å². The van der Waals surface area contributed by atoms with Gasteiger partial charge in [0.15, 0.2) is 0 Å². The van der Waals surface area contributed by atoms with Crippen LogP contribution in [0.1, 0.15) is 0 Å². The molecule has 0 amide bonds. The molecule has 0 aliphatic carbocycles. The van der Waals surface area contributed by atoms with Gasteiger partial charge in [0.2, 0.25) is 0 Å². The fourth-order valence-corrected chi connectivity index (χ4v) is 2.45. The third-order valence-corrected chi connectivity index (χ3v) is 3.60. The summed E-state index contributed by atoms with van der Waals surface area (Å²) in [4.78, 5) is 7.63. The molecule has 0 saturated carbocycles. The van der Waals surface area contributed by atoms with Crippen molar-refractivity contribution in [1.29, 1.82) is 0 Å². The van der Waals surface area contributed by atoms with Gasteiger partial charge in [0.05, 0.1) is 16.1 Å². The molecule has 0 atom stereocenters. The largest absolute Gasteiger partial charge is 0.338 e. The van der Waals surface area contributed by atoms with Gasteiger partial charge in [-0.05, 0) is 40.2 Å². The smallest absolute Gasteiger partial charge is 0.142 e. The van der Waals surface area contributed by atoms with Crippen molar-refractivity contribution in [3.63, 3.8) is 0 Å². The molecular weight excluding hydrogens is 319 g/mol. The van der Waals surface area contributed by atoms with E-state index in [0.29, 0.717) is 10.3 Å². The van der Waals surface area contributed by atoms with Gasteiger partial charge in [-0.1, -0.05) is 23.7 Å². The summed E-state index contributed by atoms with van der Waals surface area (Å²) in [7, 11) is 0. The van der Waals surface area contributed by atoms with E-state index in [4.69, 9.17) is 11.6 Å². The Morgan fingerprint density at radius 2 is 2.00 bits per heavy atom. The van der Waals surface area contributed by atoms with Crippen molar-refractivity contribution < 1.29 is 4.39 Å². The first-order chi connectivity index (χ1) is 8.65. The van der Waals surface area contributed by atoms with E-state index in [1.54, 1.807) is 6.07 Å². The van der Waals surface area contributed by atoms with Crippen LogP contribution in [-0.4, -0.2) is 9.97 Å². The molecule has 18 heavy (non-hydrogen) atoms. The molecule has 0 aliphatic rings. The first-order valence-electron chi connectivity index (χ1n) is 5.25. The Hall–Kier alpha value is -1.39. The molecule has 3 rings (SSSR count). The Bertz CT molecular complexity index is 706. The molecular formula is C13H7BrClFN2. The zero-order valence-electron chi connectivity index (χ0n) is 9.05. The summed E-state index contributed by atoms with van der Waals surface area (Å²) in [6.45, 7) is 0. The number of nitrogens with one attached hydrogen (secondary N) is 1. The van der Waals surface area contributed by atoms with Crippen molar-refractivity contribution in [1.82, 2.24) is 9.97 Å². The van der Waals surface area contributed by atoms with Crippen LogP contribution >= 0.6 is 27.5 Å². The lowest BCUT2D eigenvalue weighted by molar-refractivity contribution is 0.627. The SMILES string of the molecule is Fc1cc(Br)c(-c2nc3ccccc3[nH]2)cc1Cl. The van der Waals surface area contributed by atoms with E-state index < -0.39 is 5.82 Å². The number of nitrogens with zero attached hydrogens (tertiary/aromatic N) is 1. The van der Waals surface area contributed by atoms with E-state index in [9.17, 15) is 4.39 Å². The van der Waals surface area contributed by atoms with Crippen LogP contribution in [0.25, 0.3) is 22.4 Å². The first kappa shape index (κ1) is 11.7. The number of rotatable bonds is 1. The molecule has 0 spiro atoms. The van der Waals surface area contributed by atoms with Crippen molar-refractivity contribution in [2.45, 2.75) is 0 Å². The van der Waals surface area contributed by atoms with Gasteiger partial charge in [0, 0.05) is 10.0 Å². The van der Waals surface area contributed by atoms with Gasteiger partial charge in [0.25, 0.3) is 0 Å². The molecule has 1 aromatic heterocycles. The van der Waals surface area contributed by atoms with Gasteiger partial charge in [-0.2, -0.15) is 0 Å². The fourth-order valence-electron chi connectivity index (χ4n) is 1.78. The van der Waals surface area contributed by atoms with E-state index in [1.807, 2.05) is 24.3 Å². The number of hydrogen-bond acceptors (Lipinski definition) is 1. The number of imidazole rings is 1. The number of H-pyrrole nitrogens is 1. The lowest BCUT2D eigenvalue weighted by Gasteiger charge is -2.02. The third kappa shape index (κ3) is 1.91. The van der Waals surface area contributed by atoms with Gasteiger partial charge in [-0.15, -0.1) is 0 Å². The quantitative estimate of drug-likeness (QED) is 0.641. The minimum atomic E-state index is -0.455. The number of halogens is 3. The maximum Gasteiger partial charge on any atom is 0.142 e. The molecule has 1 N–H and O–H groups in total. The zero-order valence-corrected chi connectivity index (χ0v) is 11.4. The molecule has 0 unspecified atom stereocenters. The maximum atomic E-state index is 13.3. The lowest BCUT2D eigenvalue weighted by atomic mass is 10.2. The minimum absolute atomic E-state index is 0.0775. The van der Waals surface area contributed by atoms with E-state index in [1.165, 1.54) is 6.07 Å². The fraction of sp³-hybridized carbons (Fsp3) is 0. The van der Waals surface area contributed by atoms with Gasteiger partial charge < -0.3 is 4.98 Å². The Labute approximate surface area is 116 Å². The highest BCUT2D eigenvalue weighted by Gasteiger charge is 2.12. The number of hydrogen-bond donors (Lipinski definition) is 1. The van der Waals surface area contributed by atoms with Gasteiger partial charge >= 0.3 is 0 Å². The van der Waals surface area contributed by atoms with Crippen LogP contribution in [0, 0.1) is 5.82 Å². The van der Waals surface area contributed by atoms with Gasteiger partial charge in [0.1, 0.15) is 11.6 Å². The van der Waals surface area contributed by atoms with Crippen LogP contribution in [0.3, 0.4) is 0 Å². The highest BCUT2D eigenvalue weighted by Crippen LogP contribution is 2.32. The Balaban J connectivity index is 2.22. The second-order valence-corrected chi connectivity index (χ2v) is 5.11. The molecule has 3 aromatic rings. The van der Waals surface area contributed by atoms with Gasteiger partial charge in [-0.3, -0.25) is 0 Å². The number of fused-ring (bicyclic) bond motifs is 1. The molecule has 2 nitrogen and oxygen atoms in total. The number of aromatic nitrogens is 2. The first-order valence-corrected chi connectivity index (χ1v) is 6.42. The van der Waals surface area contributed by atoms with Gasteiger partial charge in [-0.25, -0.2) is 9.37 Å². The molecule has 90 valence electrons. The number of para-hydroxylation sites is 2. The normalized spacial score (nSPS) is 11.1. The minimum Gasteiger partial charge on any atom is -0.338 e. The van der Waals surface area contributed by atoms with Crippen molar-refractivity contribution in [2.24, 2.45) is 0 Å². The second kappa shape index (κ2) is 4.37. The number of benzene rings is 2. The van der Waals surface area contributed by atoms with Crippen molar-refractivity contribution in [2.75, 3.05) is 0 Å². The van der Waals surface area contributed by atoms with Crippen LogP contribution < -0.4 is 0 Å². The lowest BCUT2D eigenvalue weighted by Crippen LogP contribution is -1.85. The molecule has 0 bridgehead atoms. The van der Waals surface area contributed by atoms with E-state index >= 15 is 0 Å². The molecule has 0 fully saturated rings. The summed E-state index contributed by atoms with van der Waals surface area (Å²) in [5.41, 5.74) is 2.53. The molecule has 5 heteroatoms. The van der Waals surface area contributed by atoms with Crippen LogP contribution in [0.2, 0.25) is 5.02 Å². The highest BCUT2D eigenvalue weighted by molar-refractivity contribution is 9.10. The molecule has 0 saturated heterocycles. The monoisotopic (exact) mass is 324 g/mol. The average molecular weight is 326 g/mol. The average Bonchev–Trinajstić information content (AvgIpc) is 2.77. The van der Waals surface area contributed by atoms with Crippen LogP contribution in [-0.2, 0) is 0 Å². The summed E-state index contributed by atoms with van der Waals surface area (Å²) in [5, 5.41) is 0.0775.